The van der Waals surface area contributed by atoms with E-state index in [0.717, 1.165) is 5.56 Å². The summed E-state index contributed by atoms with van der Waals surface area (Å²) in [7, 11) is 3.07. The van der Waals surface area contributed by atoms with Crippen LogP contribution in [0, 0.1) is 11.7 Å². The summed E-state index contributed by atoms with van der Waals surface area (Å²) in [4.78, 5) is 28.2. The Balaban J connectivity index is 1.59. The van der Waals surface area contributed by atoms with Crippen LogP contribution in [0.5, 0.6) is 11.5 Å². The Kier molecular flexibility index (Phi) is 7.11. The van der Waals surface area contributed by atoms with E-state index in [1.54, 1.807) is 42.3 Å². The predicted molar refractivity (Wildman–Crippen MR) is 128 cm³/mol. The highest BCUT2D eigenvalue weighted by Crippen LogP contribution is 2.36. The molecule has 1 saturated heterocycles. The molecule has 0 saturated carbocycles. The fourth-order valence-corrected chi connectivity index (χ4v) is 4.36. The van der Waals surface area contributed by atoms with Gasteiger partial charge in [-0.25, -0.2) is 4.39 Å². The number of nitrogens with zero attached hydrogens (tertiary/aromatic N) is 1. The average Bonchev–Trinajstić information content (AvgIpc) is 2.89. The van der Waals surface area contributed by atoms with E-state index in [0.29, 0.717) is 30.0 Å². The Labute approximate surface area is 198 Å². The van der Waals surface area contributed by atoms with Crippen molar-refractivity contribution in [3.05, 3.63) is 89.7 Å². The first-order valence-electron chi connectivity index (χ1n) is 11.1. The van der Waals surface area contributed by atoms with Crippen LogP contribution in [0.2, 0.25) is 0 Å². The molecule has 34 heavy (non-hydrogen) atoms. The van der Waals surface area contributed by atoms with Crippen LogP contribution in [0.15, 0.2) is 72.8 Å². The number of benzene rings is 3. The first kappa shape index (κ1) is 23.3. The number of ether oxygens (including phenoxy) is 2. The van der Waals surface area contributed by atoms with E-state index >= 15 is 0 Å². The number of piperidine rings is 1. The number of anilines is 1. The number of methoxy groups -OCH3 is 2. The van der Waals surface area contributed by atoms with Gasteiger partial charge in [-0.1, -0.05) is 42.5 Å². The Bertz CT molecular complexity index is 1170. The zero-order valence-corrected chi connectivity index (χ0v) is 19.2. The van der Waals surface area contributed by atoms with Crippen LogP contribution in [-0.2, 0) is 4.79 Å². The third kappa shape index (κ3) is 4.88. The maximum atomic E-state index is 14.5. The molecule has 1 aliphatic heterocycles. The molecular weight excluding hydrogens is 435 g/mol. The van der Waals surface area contributed by atoms with Gasteiger partial charge in [0.05, 0.1) is 37.4 Å². The fraction of sp³-hybridized carbons (Fsp3) is 0.259. The Morgan fingerprint density at radius 1 is 0.941 bits per heavy atom. The summed E-state index contributed by atoms with van der Waals surface area (Å²) >= 11 is 0. The molecule has 0 bridgehead atoms. The lowest BCUT2D eigenvalue weighted by Crippen LogP contribution is -2.45. The van der Waals surface area contributed by atoms with Crippen molar-refractivity contribution in [2.24, 2.45) is 5.92 Å². The van der Waals surface area contributed by atoms with Gasteiger partial charge in [-0.15, -0.1) is 0 Å². The number of rotatable bonds is 6. The number of nitrogens with one attached hydrogen (secondary N) is 1. The molecule has 176 valence electrons. The molecule has 7 heteroatoms. The third-order valence-electron chi connectivity index (χ3n) is 6.17. The minimum atomic E-state index is -0.575. The van der Waals surface area contributed by atoms with E-state index in [2.05, 4.69) is 5.32 Å². The van der Waals surface area contributed by atoms with Crippen molar-refractivity contribution in [1.82, 2.24) is 4.90 Å². The summed E-state index contributed by atoms with van der Waals surface area (Å²) < 4.78 is 25.1. The van der Waals surface area contributed by atoms with Crippen LogP contribution in [0.3, 0.4) is 0 Å². The van der Waals surface area contributed by atoms with Crippen molar-refractivity contribution in [3.63, 3.8) is 0 Å². The molecule has 4 rings (SSSR count). The lowest BCUT2D eigenvalue weighted by molar-refractivity contribution is -0.121. The summed E-state index contributed by atoms with van der Waals surface area (Å²) in [5, 5.41) is 2.92. The molecule has 2 amide bonds. The molecular formula is C27H27FN2O4. The average molecular weight is 463 g/mol. The smallest absolute Gasteiger partial charge is 0.257 e. The maximum Gasteiger partial charge on any atom is 0.257 e. The summed E-state index contributed by atoms with van der Waals surface area (Å²) in [5.41, 5.74) is 1.48. The molecule has 1 fully saturated rings. The minimum absolute atomic E-state index is 0.00122. The highest BCUT2D eigenvalue weighted by atomic mass is 19.1. The zero-order chi connectivity index (χ0) is 24.1. The molecule has 6 nitrogen and oxygen atoms in total. The van der Waals surface area contributed by atoms with Gasteiger partial charge in [-0.3, -0.25) is 9.59 Å². The summed E-state index contributed by atoms with van der Waals surface area (Å²) in [5.74, 6) is -0.589. The van der Waals surface area contributed by atoms with Crippen LogP contribution < -0.4 is 14.8 Å². The number of carbonyl (C=O) groups excluding carboxylic acids is 2. The zero-order valence-electron chi connectivity index (χ0n) is 19.2. The Morgan fingerprint density at radius 3 is 2.38 bits per heavy atom. The normalized spacial score (nSPS) is 17.7. The number of hydrogen-bond acceptors (Lipinski definition) is 4. The number of likely N-dealkylation sites (tertiary alicyclic amines) is 1. The number of amides is 2. The standard InChI is InChI=1S/C27H27FN2O4/c1-33-20-13-14-23(25(16-20)34-2)29-26(31)19-12-15-24(18-8-4-3-5-9-18)30(17-19)27(32)21-10-6-7-11-22(21)28/h3-11,13-14,16,19,24H,12,15,17H2,1-2H3,(H,29,31). The van der Waals surface area contributed by atoms with Gasteiger partial charge < -0.3 is 19.7 Å². The van der Waals surface area contributed by atoms with Crippen molar-refractivity contribution in [2.75, 3.05) is 26.1 Å². The SMILES string of the molecule is COc1ccc(NC(=O)C2CCC(c3ccccc3)N(C(=O)c3ccccc3F)C2)c(OC)c1. The molecule has 0 aliphatic carbocycles. The predicted octanol–water partition coefficient (Wildman–Crippen LogP) is 5.08. The van der Waals surface area contributed by atoms with Crippen molar-refractivity contribution in [1.29, 1.82) is 0 Å². The lowest BCUT2D eigenvalue weighted by Gasteiger charge is -2.39. The van der Waals surface area contributed by atoms with Gasteiger partial charge in [0.15, 0.2) is 0 Å². The van der Waals surface area contributed by atoms with E-state index in [1.165, 1.54) is 19.2 Å². The van der Waals surface area contributed by atoms with Crippen molar-refractivity contribution in [2.45, 2.75) is 18.9 Å². The van der Waals surface area contributed by atoms with Crippen molar-refractivity contribution >= 4 is 17.5 Å². The van der Waals surface area contributed by atoms with Gasteiger partial charge in [-0.2, -0.15) is 0 Å². The van der Waals surface area contributed by atoms with E-state index in [-0.39, 0.29) is 24.1 Å². The van der Waals surface area contributed by atoms with Gasteiger partial charge >= 0.3 is 0 Å². The van der Waals surface area contributed by atoms with Crippen LogP contribution in [-0.4, -0.2) is 37.5 Å². The van der Waals surface area contributed by atoms with Crippen LogP contribution in [0.1, 0.15) is 34.8 Å². The van der Waals surface area contributed by atoms with E-state index in [1.807, 2.05) is 30.3 Å². The maximum absolute atomic E-state index is 14.5. The van der Waals surface area contributed by atoms with Gasteiger partial charge in [0.1, 0.15) is 17.3 Å². The second-order valence-electron chi connectivity index (χ2n) is 8.19. The van der Waals surface area contributed by atoms with Gasteiger partial charge in [0.25, 0.3) is 5.91 Å². The van der Waals surface area contributed by atoms with Crippen molar-refractivity contribution in [3.8, 4) is 11.5 Å². The summed E-state index contributed by atoms with van der Waals surface area (Å²) in [6.45, 7) is 0.178. The molecule has 2 unspecified atom stereocenters. The molecule has 0 spiro atoms. The van der Waals surface area contributed by atoms with E-state index in [9.17, 15) is 14.0 Å². The quantitative estimate of drug-likeness (QED) is 0.555. The molecule has 1 aliphatic rings. The second kappa shape index (κ2) is 10.4. The number of halogens is 1. The van der Waals surface area contributed by atoms with Gasteiger partial charge in [-0.05, 0) is 42.7 Å². The Hall–Kier alpha value is -3.87. The van der Waals surface area contributed by atoms with Gasteiger partial charge in [0.2, 0.25) is 5.91 Å². The Morgan fingerprint density at radius 2 is 1.68 bits per heavy atom. The molecule has 1 heterocycles. The van der Waals surface area contributed by atoms with Crippen LogP contribution >= 0.6 is 0 Å². The number of hydrogen-bond donors (Lipinski definition) is 1. The van der Waals surface area contributed by atoms with E-state index in [4.69, 9.17) is 9.47 Å². The minimum Gasteiger partial charge on any atom is -0.497 e. The van der Waals surface area contributed by atoms with Crippen LogP contribution in [0.25, 0.3) is 0 Å². The fourth-order valence-electron chi connectivity index (χ4n) is 4.36. The van der Waals surface area contributed by atoms with Crippen LogP contribution in [0.4, 0.5) is 10.1 Å². The first-order chi connectivity index (χ1) is 16.5. The van der Waals surface area contributed by atoms with Crippen molar-refractivity contribution < 1.29 is 23.5 Å². The third-order valence-corrected chi connectivity index (χ3v) is 6.17. The number of carbonyl (C=O) groups is 2. The highest BCUT2D eigenvalue weighted by molar-refractivity contribution is 5.97. The molecule has 0 radical (unpaired) electrons. The second-order valence-corrected chi connectivity index (χ2v) is 8.19. The molecule has 0 aromatic heterocycles. The molecule has 2 atom stereocenters. The topological polar surface area (TPSA) is 67.9 Å². The lowest BCUT2D eigenvalue weighted by atomic mass is 9.87. The van der Waals surface area contributed by atoms with Gasteiger partial charge in [0, 0.05) is 12.6 Å². The highest BCUT2D eigenvalue weighted by Gasteiger charge is 2.36. The monoisotopic (exact) mass is 462 g/mol. The summed E-state index contributed by atoms with van der Waals surface area (Å²) in [6.07, 6.45) is 1.17. The van der Waals surface area contributed by atoms with E-state index < -0.39 is 17.6 Å². The molecule has 1 N–H and O–H groups in total. The largest absolute Gasteiger partial charge is 0.497 e. The summed E-state index contributed by atoms with van der Waals surface area (Å²) in [6, 6.07) is 20.5. The first-order valence-corrected chi connectivity index (χ1v) is 11.1. The molecule has 3 aromatic rings. The molecule has 3 aromatic carbocycles.